The van der Waals surface area contributed by atoms with E-state index < -0.39 is 4.92 Å². The number of nitrogens with one attached hydrogen (secondary N) is 1. The summed E-state index contributed by atoms with van der Waals surface area (Å²) < 4.78 is 0. The maximum Gasteiger partial charge on any atom is 0.321 e. The average Bonchev–Trinajstić information content (AvgIpc) is 2.90. The zero-order chi connectivity index (χ0) is 15.4. The van der Waals surface area contributed by atoms with Gasteiger partial charge in [-0.2, -0.15) is 11.8 Å². The van der Waals surface area contributed by atoms with Crippen molar-refractivity contribution in [2.45, 2.75) is 13.3 Å². The number of benzene rings is 1. The fourth-order valence-corrected chi connectivity index (χ4v) is 3.18. The van der Waals surface area contributed by atoms with Crippen LogP contribution in [0.4, 0.5) is 16.2 Å². The van der Waals surface area contributed by atoms with Crippen LogP contribution in [-0.4, -0.2) is 41.0 Å². The predicted molar refractivity (Wildman–Crippen MR) is 84.9 cm³/mol. The smallest absolute Gasteiger partial charge is 0.321 e. The highest BCUT2D eigenvalue weighted by molar-refractivity contribution is 7.98. The van der Waals surface area contributed by atoms with Gasteiger partial charge in [-0.25, -0.2) is 4.79 Å². The molecule has 2 amide bonds. The van der Waals surface area contributed by atoms with Crippen molar-refractivity contribution >= 4 is 29.2 Å². The van der Waals surface area contributed by atoms with E-state index in [2.05, 4.69) is 11.6 Å². The highest BCUT2D eigenvalue weighted by Gasteiger charge is 2.26. The predicted octanol–water partition coefficient (Wildman–Crippen LogP) is 3.12. The van der Waals surface area contributed by atoms with E-state index in [1.54, 1.807) is 22.7 Å². The lowest BCUT2D eigenvalue weighted by molar-refractivity contribution is -0.384. The topological polar surface area (TPSA) is 75.5 Å². The number of anilines is 1. The van der Waals surface area contributed by atoms with Crippen LogP contribution in [0.5, 0.6) is 0 Å². The van der Waals surface area contributed by atoms with Crippen LogP contribution in [0.2, 0.25) is 0 Å². The van der Waals surface area contributed by atoms with Crippen LogP contribution in [0, 0.1) is 23.0 Å². The number of non-ortho nitro benzene ring substituents is 1. The zero-order valence-electron chi connectivity index (χ0n) is 12.2. The Morgan fingerprint density at radius 1 is 1.57 bits per heavy atom. The molecule has 2 rings (SSSR count). The van der Waals surface area contributed by atoms with E-state index in [9.17, 15) is 14.9 Å². The fourth-order valence-electron chi connectivity index (χ4n) is 2.44. The first-order valence-corrected chi connectivity index (χ1v) is 8.20. The van der Waals surface area contributed by atoms with Gasteiger partial charge < -0.3 is 10.2 Å². The second kappa shape index (κ2) is 6.80. The van der Waals surface area contributed by atoms with Gasteiger partial charge in [0.05, 0.1) is 10.6 Å². The third kappa shape index (κ3) is 3.87. The summed E-state index contributed by atoms with van der Waals surface area (Å²) >= 11 is 1.79. The molecule has 0 aliphatic carbocycles. The van der Waals surface area contributed by atoms with Gasteiger partial charge in [0.1, 0.15) is 0 Å². The molecule has 1 aliphatic heterocycles. The average molecular weight is 309 g/mol. The molecule has 1 N–H and O–H groups in total. The normalized spacial score (nSPS) is 17.8. The summed E-state index contributed by atoms with van der Waals surface area (Å²) in [7, 11) is 0. The van der Waals surface area contributed by atoms with Crippen molar-refractivity contribution in [1.29, 1.82) is 0 Å². The van der Waals surface area contributed by atoms with Gasteiger partial charge in [0.25, 0.3) is 5.69 Å². The number of nitro groups is 1. The van der Waals surface area contributed by atoms with Crippen molar-refractivity contribution in [1.82, 2.24) is 4.90 Å². The summed E-state index contributed by atoms with van der Waals surface area (Å²) in [5.74, 6) is 1.59. The molecule has 21 heavy (non-hydrogen) atoms. The van der Waals surface area contributed by atoms with Gasteiger partial charge in [0.2, 0.25) is 0 Å². The van der Waals surface area contributed by atoms with Gasteiger partial charge in [0.15, 0.2) is 0 Å². The van der Waals surface area contributed by atoms with E-state index in [0.717, 1.165) is 30.8 Å². The molecule has 0 spiro atoms. The van der Waals surface area contributed by atoms with Crippen molar-refractivity contribution in [2.24, 2.45) is 5.92 Å². The van der Waals surface area contributed by atoms with Crippen molar-refractivity contribution in [2.75, 3.05) is 30.4 Å². The minimum absolute atomic E-state index is 0.0161. The quantitative estimate of drug-likeness (QED) is 0.685. The number of carbonyl (C=O) groups is 1. The molecule has 0 radical (unpaired) electrons. The third-order valence-corrected chi connectivity index (χ3v) is 4.45. The number of nitrogens with zero attached hydrogens (tertiary/aromatic N) is 2. The standard InChI is InChI=1S/C14H19N3O3S/c1-10-3-4-12(17(19)20)7-13(10)15-14(18)16-6-5-11(8-16)9-21-2/h3-4,7,11H,5-6,8-9H2,1-2H3,(H,15,18)/t11-/m1/s1. The van der Waals surface area contributed by atoms with Crippen molar-refractivity contribution in [3.8, 4) is 0 Å². The van der Waals surface area contributed by atoms with Gasteiger partial charge in [-0.3, -0.25) is 10.1 Å². The van der Waals surface area contributed by atoms with E-state index in [-0.39, 0.29) is 11.7 Å². The maximum absolute atomic E-state index is 12.2. The summed E-state index contributed by atoms with van der Waals surface area (Å²) in [6.45, 7) is 3.31. The Labute approximate surface area is 128 Å². The van der Waals surface area contributed by atoms with E-state index in [1.165, 1.54) is 12.1 Å². The Bertz CT molecular complexity index is 550. The lowest BCUT2D eigenvalue weighted by Crippen LogP contribution is -2.33. The molecule has 0 bridgehead atoms. The first kappa shape index (κ1) is 15.6. The highest BCUT2D eigenvalue weighted by Crippen LogP contribution is 2.24. The van der Waals surface area contributed by atoms with Crippen LogP contribution in [0.3, 0.4) is 0 Å². The molecular weight excluding hydrogens is 290 g/mol. The number of hydrogen-bond acceptors (Lipinski definition) is 4. The van der Waals surface area contributed by atoms with Crippen LogP contribution >= 0.6 is 11.8 Å². The Balaban J connectivity index is 2.03. The summed E-state index contributed by atoms with van der Waals surface area (Å²) in [5, 5.41) is 13.6. The molecule has 0 aromatic heterocycles. The number of hydrogen-bond donors (Lipinski definition) is 1. The van der Waals surface area contributed by atoms with Gasteiger partial charge in [-0.15, -0.1) is 0 Å². The van der Waals surface area contributed by atoms with Crippen LogP contribution in [0.1, 0.15) is 12.0 Å². The van der Waals surface area contributed by atoms with E-state index in [1.807, 2.05) is 6.92 Å². The molecule has 1 atom stereocenters. The monoisotopic (exact) mass is 309 g/mol. The van der Waals surface area contributed by atoms with Crippen LogP contribution in [0.15, 0.2) is 18.2 Å². The van der Waals surface area contributed by atoms with Gasteiger partial charge >= 0.3 is 6.03 Å². The van der Waals surface area contributed by atoms with E-state index in [0.29, 0.717) is 11.6 Å². The number of urea groups is 1. The summed E-state index contributed by atoms with van der Waals surface area (Å²) in [6.07, 6.45) is 3.08. The maximum atomic E-state index is 12.2. The molecule has 1 saturated heterocycles. The summed E-state index contributed by atoms with van der Waals surface area (Å²) in [4.78, 5) is 24.4. The SMILES string of the molecule is CSC[C@@H]1CCN(C(=O)Nc2cc([N+](=O)[O-])ccc2C)C1. The van der Waals surface area contributed by atoms with Crippen molar-refractivity contribution in [3.05, 3.63) is 33.9 Å². The van der Waals surface area contributed by atoms with E-state index >= 15 is 0 Å². The first-order chi connectivity index (χ1) is 10.0. The fraction of sp³-hybridized carbons (Fsp3) is 0.500. The number of aryl methyl sites for hydroxylation is 1. The van der Waals surface area contributed by atoms with Crippen LogP contribution < -0.4 is 5.32 Å². The minimum atomic E-state index is -0.459. The van der Waals surface area contributed by atoms with Crippen molar-refractivity contribution in [3.63, 3.8) is 0 Å². The van der Waals surface area contributed by atoms with Crippen LogP contribution in [-0.2, 0) is 0 Å². The van der Waals surface area contributed by atoms with Gasteiger partial charge in [0, 0.05) is 25.2 Å². The number of thioether (sulfide) groups is 1. The molecule has 1 heterocycles. The van der Waals surface area contributed by atoms with Crippen molar-refractivity contribution < 1.29 is 9.72 Å². The van der Waals surface area contributed by atoms with E-state index in [4.69, 9.17) is 0 Å². The van der Waals surface area contributed by atoms with Gasteiger partial charge in [-0.05, 0) is 36.8 Å². The molecule has 1 aliphatic rings. The third-order valence-electron chi connectivity index (χ3n) is 3.65. The molecule has 114 valence electrons. The Hall–Kier alpha value is -1.76. The molecule has 1 fully saturated rings. The number of carbonyl (C=O) groups excluding carboxylic acids is 1. The Kier molecular flexibility index (Phi) is 5.06. The summed E-state index contributed by atoms with van der Waals surface area (Å²) in [6, 6.07) is 4.31. The second-order valence-electron chi connectivity index (χ2n) is 5.24. The molecular formula is C14H19N3O3S. The molecule has 1 aromatic carbocycles. The Morgan fingerprint density at radius 3 is 3.00 bits per heavy atom. The second-order valence-corrected chi connectivity index (χ2v) is 6.15. The largest absolute Gasteiger partial charge is 0.324 e. The molecule has 1 aromatic rings. The molecule has 0 saturated carbocycles. The zero-order valence-corrected chi connectivity index (χ0v) is 13.0. The number of nitro benzene ring substituents is 1. The number of likely N-dealkylation sites (tertiary alicyclic amines) is 1. The van der Waals surface area contributed by atoms with Gasteiger partial charge in [-0.1, -0.05) is 6.07 Å². The molecule has 7 heteroatoms. The molecule has 6 nitrogen and oxygen atoms in total. The molecule has 0 unspecified atom stereocenters. The highest BCUT2D eigenvalue weighted by atomic mass is 32.2. The lowest BCUT2D eigenvalue weighted by atomic mass is 10.2. The lowest BCUT2D eigenvalue weighted by Gasteiger charge is -2.18. The van der Waals surface area contributed by atoms with Crippen LogP contribution in [0.25, 0.3) is 0 Å². The number of rotatable bonds is 4. The number of amides is 2. The summed E-state index contributed by atoms with van der Waals surface area (Å²) in [5.41, 5.74) is 1.30. The Morgan fingerprint density at radius 2 is 2.33 bits per heavy atom. The minimum Gasteiger partial charge on any atom is -0.324 e. The first-order valence-electron chi connectivity index (χ1n) is 6.81.